The van der Waals surface area contributed by atoms with Crippen molar-refractivity contribution in [2.45, 2.75) is 6.16 Å². The van der Waals surface area contributed by atoms with Crippen LogP contribution >= 0.6 is 7.26 Å². The summed E-state index contributed by atoms with van der Waals surface area (Å²) in [6, 6.07) is 34.1. The van der Waals surface area contributed by atoms with Crippen molar-refractivity contribution in [3.63, 3.8) is 0 Å². The zero-order valence-corrected chi connectivity index (χ0v) is 18.0. The van der Waals surface area contributed by atoms with E-state index in [1.165, 1.54) is 12.1 Å². The summed E-state index contributed by atoms with van der Waals surface area (Å²) in [7, 11) is -2.42. The molecule has 0 saturated carbocycles. The molecule has 0 radical (unpaired) electrons. The predicted octanol–water partition coefficient (Wildman–Crippen LogP) is 5.00. The molecule has 0 unspecified atom stereocenters. The highest BCUT2D eigenvalue weighted by molar-refractivity contribution is 7.95. The van der Waals surface area contributed by atoms with E-state index < -0.39 is 28.5 Å². The van der Waals surface area contributed by atoms with Gasteiger partial charge in [-0.1, -0.05) is 60.7 Å². The number of nitro groups is 2. The molecule has 0 spiro atoms. The highest BCUT2D eigenvalue weighted by Gasteiger charge is 2.47. The Balaban J connectivity index is 2.06. The maximum atomic E-state index is 12.0. The van der Waals surface area contributed by atoms with E-state index >= 15 is 0 Å². The summed E-state index contributed by atoms with van der Waals surface area (Å²) in [5.74, 6) is 0. The number of hydrogen-bond acceptors (Lipinski definition) is 4. The van der Waals surface area contributed by atoms with Gasteiger partial charge < -0.3 is 0 Å². The lowest BCUT2D eigenvalue weighted by Crippen LogP contribution is -2.32. The molecule has 7 heteroatoms. The van der Waals surface area contributed by atoms with Crippen LogP contribution < -0.4 is 15.9 Å². The number of nitro benzene ring substituents is 2. The largest absolute Gasteiger partial charge is 0.352 e. The Labute approximate surface area is 185 Å². The van der Waals surface area contributed by atoms with E-state index in [9.17, 15) is 20.2 Å². The lowest BCUT2D eigenvalue weighted by Gasteiger charge is -2.27. The first-order valence-electron chi connectivity index (χ1n) is 9.99. The number of para-hydroxylation sites is 1. The minimum atomic E-state index is -2.42. The van der Waals surface area contributed by atoms with Gasteiger partial charge in [0, 0.05) is 6.07 Å². The van der Waals surface area contributed by atoms with E-state index in [4.69, 9.17) is 0 Å². The third-order valence-corrected chi connectivity index (χ3v) is 9.83. The van der Waals surface area contributed by atoms with Gasteiger partial charge in [-0.3, -0.25) is 20.2 Å². The smallest absolute Gasteiger partial charge is 0.258 e. The molecule has 4 aromatic rings. The van der Waals surface area contributed by atoms with Crippen molar-refractivity contribution in [3.05, 3.63) is 135 Å². The van der Waals surface area contributed by atoms with Gasteiger partial charge in [0.05, 0.1) is 15.4 Å². The lowest BCUT2D eigenvalue weighted by atomic mass is 10.2. The van der Waals surface area contributed by atoms with Crippen molar-refractivity contribution >= 4 is 34.6 Å². The number of hydrogen-bond donors (Lipinski definition) is 0. The van der Waals surface area contributed by atoms with Gasteiger partial charge in [-0.05, 0) is 42.5 Å². The van der Waals surface area contributed by atoms with E-state index in [-0.39, 0.29) is 0 Å². The van der Waals surface area contributed by atoms with Crippen LogP contribution in [0.1, 0.15) is 5.56 Å². The predicted molar refractivity (Wildman–Crippen MR) is 129 cm³/mol. The maximum Gasteiger partial charge on any atom is 0.352 e. The molecular formula is C25H20N2O4P+. The summed E-state index contributed by atoms with van der Waals surface area (Å²) in [4.78, 5) is 22.2. The summed E-state index contributed by atoms with van der Waals surface area (Å²) in [6.45, 7) is 0. The van der Waals surface area contributed by atoms with Gasteiger partial charge in [-0.15, -0.1) is 0 Å². The van der Waals surface area contributed by atoms with Crippen molar-refractivity contribution in [3.8, 4) is 0 Å². The van der Waals surface area contributed by atoms with Gasteiger partial charge in [0.15, 0.2) is 0 Å². The van der Waals surface area contributed by atoms with Crippen LogP contribution in [-0.4, -0.2) is 9.85 Å². The SMILES string of the molecule is O=[N+]([O-])c1cccc(C[P+](c2ccccc2)(c2ccccc2)c2ccccc2)c1[N+](=O)[O-]. The minimum Gasteiger partial charge on any atom is -0.258 e. The summed E-state index contributed by atoms with van der Waals surface area (Å²) >= 11 is 0. The fourth-order valence-electron chi connectivity index (χ4n) is 4.09. The number of benzene rings is 4. The fraction of sp³-hybridized carbons (Fsp3) is 0.0400. The first kappa shape index (κ1) is 21.3. The van der Waals surface area contributed by atoms with Crippen LogP contribution in [-0.2, 0) is 6.16 Å². The Morgan fingerprint density at radius 3 is 1.38 bits per heavy atom. The van der Waals surface area contributed by atoms with E-state index in [2.05, 4.69) is 0 Å². The molecule has 0 bridgehead atoms. The van der Waals surface area contributed by atoms with E-state index in [0.717, 1.165) is 15.9 Å². The van der Waals surface area contributed by atoms with Crippen LogP contribution in [0.2, 0.25) is 0 Å². The molecule has 4 rings (SSSR count). The van der Waals surface area contributed by atoms with E-state index in [1.807, 2.05) is 91.0 Å². The van der Waals surface area contributed by atoms with Gasteiger partial charge in [0.25, 0.3) is 0 Å². The molecule has 0 amide bonds. The van der Waals surface area contributed by atoms with Crippen LogP contribution in [0.25, 0.3) is 0 Å². The fourth-order valence-corrected chi connectivity index (χ4v) is 8.34. The van der Waals surface area contributed by atoms with Gasteiger partial charge in [-0.25, -0.2) is 0 Å². The Morgan fingerprint density at radius 1 is 0.562 bits per heavy atom. The molecule has 0 aromatic heterocycles. The normalized spacial score (nSPS) is 11.1. The highest BCUT2D eigenvalue weighted by Crippen LogP contribution is 2.59. The molecule has 0 fully saturated rings. The number of rotatable bonds is 7. The zero-order valence-electron chi connectivity index (χ0n) is 17.1. The van der Waals surface area contributed by atoms with Gasteiger partial charge in [0.1, 0.15) is 29.3 Å². The molecule has 0 N–H and O–H groups in total. The summed E-state index contributed by atoms with van der Waals surface area (Å²) < 4.78 is 0. The molecule has 0 atom stereocenters. The van der Waals surface area contributed by atoms with Crippen LogP contribution in [0.15, 0.2) is 109 Å². The topological polar surface area (TPSA) is 86.3 Å². The second-order valence-corrected chi connectivity index (χ2v) is 10.8. The van der Waals surface area contributed by atoms with Crippen molar-refractivity contribution in [2.24, 2.45) is 0 Å². The van der Waals surface area contributed by atoms with Crippen LogP contribution in [0, 0.1) is 20.2 Å². The molecule has 0 aliphatic heterocycles. The number of nitrogens with zero attached hydrogens (tertiary/aromatic N) is 2. The third-order valence-electron chi connectivity index (χ3n) is 5.48. The second-order valence-electron chi connectivity index (χ2n) is 7.27. The Morgan fingerprint density at radius 2 is 1.00 bits per heavy atom. The van der Waals surface area contributed by atoms with Gasteiger partial charge in [-0.2, -0.15) is 0 Å². The Bertz CT molecular complexity index is 1150. The molecular weight excluding hydrogens is 423 g/mol. The molecule has 0 aliphatic carbocycles. The quantitative estimate of drug-likeness (QED) is 0.229. The Kier molecular flexibility index (Phi) is 6.06. The van der Waals surface area contributed by atoms with Crippen molar-refractivity contribution in [1.29, 1.82) is 0 Å². The monoisotopic (exact) mass is 443 g/mol. The average molecular weight is 443 g/mol. The summed E-state index contributed by atoms with van der Waals surface area (Å²) in [5.41, 5.74) is -0.571. The first-order chi connectivity index (χ1) is 15.5. The lowest BCUT2D eigenvalue weighted by molar-refractivity contribution is -0.422. The molecule has 0 aliphatic rings. The standard InChI is InChI=1S/C25H20N2O4P/c28-26(29)24-18-10-11-20(25(24)27(30)31)19-32(21-12-4-1-5-13-21,22-14-6-2-7-15-22)23-16-8-3-9-17-23/h1-18H,19H2/q+1. The molecule has 0 heterocycles. The Hall–Kier alpha value is -3.89. The van der Waals surface area contributed by atoms with E-state index in [0.29, 0.717) is 11.7 Å². The molecule has 4 aromatic carbocycles. The molecule has 158 valence electrons. The first-order valence-corrected chi connectivity index (χ1v) is 12.0. The van der Waals surface area contributed by atoms with E-state index in [1.54, 1.807) is 6.07 Å². The summed E-state index contributed by atoms with van der Waals surface area (Å²) in [5, 5.41) is 26.7. The van der Waals surface area contributed by atoms with Crippen molar-refractivity contribution in [1.82, 2.24) is 0 Å². The van der Waals surface area contributed by atoms with Crippen LogP contribution in [0.3, 0.4) is 0 Å². The molecule has 32 heavy (non-hydrogen) atoms. The molecule has 0 saturated heterocycles. The highest BCUT2D eigenvalue weighted by atomic mass is 31.2. The van der Waals surface area contributed by atoms with Crippen molar-refractivity contribution < 1.29 is 9.85 Å². The second kappa shape index (κ2) is 9.08. The van der Waals surface area contributed by atoms with Crippen LogP contribution in [0.4, 0.5) is 11.4 Å². The molecule has 6 nitrogen and oxygen atoms in total. The summed E-state index contributed by atoms with van der Waals surface area (Å²) in [6.07, 6.45) is 0.295. The van der Waals surface area contributed by atoms with Crippen molar-refractivity contribution in [2.75, 3.05) is 0 Å². The van der Waals surface area contributed by atoms with Gasteiger partial charge in [0.2, 0.25) is 0 Å². The third kappa shape index (κ3) is 3.88. The van der Waals surface area contributed by atoms with Gasteiger partial charge >= 0.3 is 11.4 Å². The minimum absolute atomic E-state index is 0.295. The van der Waals surface area contributed by atoms with Crippen LogP contribution in [0.5, 0.6) is 0 Å². The average Bonchev–Trinajstić information content (AvgIpc) is 2.84. The zero-order chi connectivity index (χ0) is 22.6. The maximum absolute atomic E-state index is 12.0.